The zero-order valence-electron chi connectivity index (χ0n) is 15.4. The van der Waals surface area contributed by atoms with Gasteiger partial charge in [-0.05, 0) is 31.6 Å². The molecule has 2 heterocycles. The van der Waals surface area contributed by atoms with Crippen molar-refractivity contribution in [1.82, 2.24) is 14.9 Å². The van der Waals surface area contributed by atoms with Crippen molar-refractivity contribution >= 4 is 23.4 Å². The van der Waals surface area contributed by atoms with Crippen molar-refractivity contribution in [3.8, 4) is 0 Å². The SMILES string of the molecule is CC1C(=O)C(C)C2C3(CC4Cc5ncnc6c5C2(C(=O)N(C)C6=O)C43)C1=O. The summed E-state index contributed by atoms with van der Waals surface area (Å²) in [6.07, 6.45) is 2.77. The lowest BCUT2D eigenvalue weighted by atomic mass is 9.20. The normalized spacial score (nSPS) is 46.2. The third-order valence-electron chi connectivity index (χ3n) is 8.35. The second-order valence-corrected chi connectivity index (χ2v) is 9.02. The predicted octanol–water partition coefficient (Wildman–Crippen LogP) is 0.559. The van der Waals surface area contributed by atoms with E-state index in [1.165, 1.54) is 13.4 Å². The highest BCUT2D eigenvalue weighted by Gasteiger charge is 2.88. The van der Waals surface area contributed by atoms with Crippen LogP contribution in [0.15, 0.2) is 6.33 Å². The molecule has 1 aliphatic heterocycles. The molecule has 0 aromatic carbocycles. The Morgan fingerprint density at radius 2 is 1.85 bits per heavy atom. The standard InChI is InChI=1S/C20H19N3O4/c1-7-13(24)8(2)16(25)19-5-9-4-10-11-12(22-6-21-10)17(26)23(3)18(27)20(11,14(7)19)15(9)19/h6-9,14-15H,4-5H2,1-3H3. The second kappa shape index (κ2) is 4.18. The zero-order chi connectivity index (χ0) is 19.0. The van der Waals surface area contributed by atoms with Crippen molar-refractivity contribution in [2.75, 3.05) is 7.05 Å². The largest absolute Gasteiger partial charge is 0.299 e. The number of hydrogen-bond acceptors (Lipinski definition) is 6. The van der Waals surface area contributed by atoms with Crippen LogP contribution in [0.5, 0.6) is 0 Å². The molecule has 7 atom stereocenters. The van der Waals surface area contributed by atoms with E-state index in [1.54, 1.807) is 6.92 Å². The van der Waals surface area contributed by atoms with Crippen molar-refractivity contribution < 1.29 is 19.2 Å². The number of amides is 2. The first-order valence-corrected chi connectivity index (χ1v) is 9.54. The fourth-order valence-corrected chi connectivity index (χ4v) is 7.70. The summed E-state index contributed by atoms with van der Waals surface area (Å²) in [5.41, 5.74) is 0.0308. The van der Waals surface area contributed by atoms with Gasteiger partial charge < -0.3 is 0 Å². The molecule has 138 valence electrons. The maximum absolute atomic E-state index is 13.6. The summed E-state index contributed by atoms with van der Waals surface area (Å²) in [6, 6.07) is 0. The molecule has 0 bridgehead atoms. The minimum Gasteiger partial charge on any atom is -0.299 e. The highest BCUT2D eigenvalue weighted by atomic mass is 16.2. The van der Waals surface area contributed by atoms with Crippen LogP contribution in [-0.2, 0) is 26.2 Å². The van der Waals surface area contributed by atoms with Crippen molar-refractivity contribution in [3.05, 3.63) is 23.3 Å². The summed E-state index contributed by atoms with van der Waals surface area (Å²) in [5.74, 6) is -2.16. The van der Waals surface area contributed by atoms with Crippen LogP contribution >= 0.6 is 0 Å². The Labute approximate surface area is 155 Å². The Balaban J connectivity index is 1.69. The fraction of sp³-hybridized carbons (Fsp3) is 0.600. The van der Waals surface area contributed by atoms with Crippen molar-refractivity contribution in [2.24, 2.45) is 35.0 Å². The molecule has 2 spiro atoms. The van der Waals surface area contributed by atoms with E-state index >= 15 is 0 Å². The summed E-state index contributed by atoms with van der Waals surface area (Å²) >= 11 is 0. The van der Waals surface area contributed by atoms with Crippen LogP contribution in [0.25, 0.3) is 0 Å². The van der Waals surface area contributed by atoms with Crippen LogP contribution in [-0.4, -0.2) is 45.3 Å². The zero-order valence-corrected chi connectivity index (χ0v) is 15.4. The quantitative estimate of drug-likeness (QED) is 0.492. The molecule has 3 fully saturated rings. The number of rotatable bonds is 0. The number of imide groups is 1. The second-order valence-electron chi connectivity index (χ2n) is 9.02. The molecule has 1 aromatic heterocycles. The van der Waals surface area contributed by atoms with E-state index in [2.05, 4.69) is 9.97 Å². The average Bonchev–Trinajstić information content (AvgIpc) is 2.63. The Kier molecular flexibility index (Phi) is 2.42. The summed E-state index contributed by atoms with van der Waals surface area (Å²) < 4.78 is 0. The number of Topliss-reactive ketones (excluding diaryl/α,β-unsaturated/α-hetero) is 2. The van der Waals surface area contributed by atoms with Crippen molar-refractivity contribution in [1.29, 1.82) is 0 Å². The van der Waals surface area contributed by atoms with E-state index in [-0.39, 0.29) is 35.0 Å². The number of ketones is 2. The lowest BCUT2D eigenvalue weighted by Gasteiger charge is -2.80. The maximum atomic E-state index is 13.6. The van der Waals surface area contributed by atoms with Gasteiger partial charge in [0.2, 0.25) is 5.91 Å². The van der Waals surface area contributed by atoms with Gasteiger partial charge in [-0.1, -0.05) is 6.92 Å². The fourth-order valence-electron chi connectivity index (χ4n) is 7.70. The molecule has 3 saturated carbocycles. The van der Waals surface area contributed by atoms with Gasteiger partial charge in [0.25, 0.3) is 5.91 Å². The molecule has 27 heavy (non-hydrogen) atoms. The van der Waals surface area contributed by atoms with Gasteiger partial charge in [0.1, 0.15) is 23.6 Å². The predicted molar refractivity (Wildman–Crippen MR) is 90.4 cm³/mol. The third kappa shape index (κ3) is 1.22. The van der Waals surface area contributed by atoms with Gasteiger partial charge in [-0.15, -0.1) is 0 Å². The van der Waals surface area contributed by atoms with Gasteiger partial charge in [0, 0.05) is 35.6 Å². The van der Waals surface area contributed by atoms with Gasteiger partial charge >= 0.3 is 0 Å². The molecule has 7 unspecified atom stereocenters. The van der Waals surface area contributed by atoms with Crippen LogP contribution in [0.2, 0.25) is 0 Å². The lowest BCUT2D eigenvalue weighted by molar-refractivity contribution is -0.271. The summed E-state index contributed by atoms with van der Waals surface area (Å²) in [7, 11) is 1.48. The summed E-state index contributed by atoms with van der Waals surface area (Å²) in [6.45, 7) is 3.55. The molecule has 5 aliphatic rings. The topological polar surface area (TPSA) is 97.3 Å². The molecule has 4 aliphatic carbocycles. The Hall–Kier alpha value is -2.44. The maximum Gasteiger partial charge on any atom is 0.279 e. The molecule has 0 N–H and O–H groups in total. The van der Waals surface area contributed by atoms with E-state index in [4.69, 9.17) is 0 Å². The first-order chi connectivity index (χ1) is 12.8. The first-order valence-electron chi connectivity index (χ1n) is 9.54. The first kappa shape index (κ1) is 15.6. The summed E-state index contributed by atoms with van der Waals surface area (Å²) in [4.78, 5) is 62.2. The van der Waals surface area contributed by atoms with Crippen LogP contribution in [0.4, 0.5) is 0 Å². The molecule has 1 aromatic rings. The van der Waals surface area contributed by atoms with Crippen molar-refractivity contribution in [2.45, 2.75) is 32.1 Å². The molecule has 7 nitrogen and oxygen atoms in total. The van der Waals surface area contributed by atoms with E-state index in [0.29, 0.717) is 18.4 Å². The highest BCUT2D eigenvalue weighted by Crippen LogP contribution is 2.82. The van der Waals surface area contributed by atoms with E-state index < -0.39 is 34.5 Å². The number of likely N-dealkylation sites (N-methyl/N-ethyl adjacent to an activating group) is 1. The lowest BCUT2D eigenvalue weighted by Crippen LogP contribution is -2.87. The van der Waals surface area contributed by atoms with E-state index in [1.807, 2.05) is 6.92 Å². The summed E-state index contributed by atoms with van der Waals surface area (Å²) in [5, 5.41) is 0. The van der Waals surface area contributed by atoms with E-state index in [9.17, 15) is 19.2 Å². The Bertz CT molecular complexity index is 1020. The molecule has 7 heteroatoms. The van der Waals surface area contributed by atoms with Crippen LogP contribution in [0.1, 0.15) is 42.0 Å². The molecular weight excluding hydrogens is 346 g/mol. The molecular formula is C20H19N3O4. The smallest absolute Gasteiger partial charge is 0.279 e. The number of nitrogens with zero attached hydrogens (tertiary/aromatic N) is 3. The number of aromatic nitrogens is 2. The van der Waals surface area contributed by atoms with Gasteiger partial charge in [0.05, 0.1) is 11.3 Å². The Morgan fingerprint density at radius 3 is 2.59 bits per heavy atom. The molecule has 2 amide bonds. The van der Waals surface area contributed by atoms with Crippen LogP contribution < -0.4 is 0 Å². The van der Waals surface area contributed by atoms with Gasteiger partial charge in [-0.25, -0.2) is 9.97 Å². The number of carbonyl (C=O) groups excluding carboxylic acids is 4. The third-order valence-corrected chi connectivity index (χ3v) is 8.35. The minimum absolute atomic E-state index is 0.00308. The Morgan fingerprint density at radius 1 is 1.11 bits per heavy atom. The number of carbonyl (C=O) groups is 4. The van der Waals surface area contributed by atoms with Crippen LogP contribution in [0.3, 0.4) is 0 Å². The van der Waals surface area contributed by atoms with E-state index in [0.717, 1.165) is 10.6 Å². The number of hydrogen-bond donors (Lipinski definition) is 0. The van der Waals surface area contributed by atoms with Crippen LogP contribution in [0, 0.1) is 35.0 Å². The van der Waals surface area contributed by atoms with Gasteiger partial charge in [-0.3, -0.25) is 24.1 Å². The molecule has 6 rings (SSSR count). The monoisotopic (exact) mass is 365 g/mol. The average molecular weight is 365 g/mol. The highest BCUT2D eigenvalue weighted by molar-refractivity contribution is 6.18. The molecule has 0 radical (unpaired) electrons. The minimum atomic E-state index is -0.999. The van der Waals surface area contributed by atoms with Crippen molar-refractivity contribution in [3.63, 3.8) is 0 Å². The molecule has 0 saturated heterocycles. The van der Waals surface area contributed by atoms with Gasteiger partial charge in [0.15, 0.2) is 0 Å². The van der Waals surface area contributed by atoms with Gasteiger partial charge in [-0.2, -0.15) is 0 Å².